The molecule has 0 saturated carbocycles. The molecule has 2 rings (SSSR count). The van der Waals surface area contributed by atoms with Crippen LogP contribution in [0.15, 0.2) is 19.6 Å². The Kier molecular flexibility index (Phi) is 1.62. The number of rotatable bonds is 1. The predicted octanol–water partition coefficient (Wildman–Crippen LogP) is 2.88. The second-order valence-corrected chi connectivity index (χ2v) is 3.67. The highest BCUT2D eigenvalue weighted by Crippen LogP contribution is 2.36. The normalized spacial score (nSPS) is 23.2. The zero-order valence-corrected chi connectivity index (χ0v) is 8.11. The minimum absolute atomic E-state index is 0.197. The number of hydrogen-bond acceptors (Lipinski definition) is 2. The van der Waals surface area contributed by atoms with E-state index in [1.165, 1.54) is 0 Å². The molecule has 0 aromatic carbocycles. The first-order valence-corrected chi connectivity index (χ1v) is 4.42. The van der Waals surface area contributed by atoms with E-state index in [9.17, 15) is 0 Å². The minimum Gasteiger partial charge on any atom is -0.450 e. The molecule has 1 unspecified atom stereocenters. The average Bonchev–Trinajstić information content (AvgIpc) is 2.64. The summed E-state index contributed by atoms with van der Waals surface area (Å²) >= 11 is 6.56. The Morgan fingerprint density at radius 3 is 2.60 bits per heavy atom. The van der Waals surface area contributed by atoms with Gasteiger partial charge in [0.2, 0.25) is 0 Å². The fraction of sp³-hybridized carbons (Fsp3) is 0.333. The van der Waals surface area contributed by atoms with E-state index >= 15 is 0 Å². The van der Waals surface area contributed by atoms with Gasteiger partial charge in [-0.1, -0.05) is 0 Å². The Balaban J connectivity index is 2.34. The zero-order valence-electron chi connectivity index (χ0n) is 4.93. The smallest absolute Gasteiger partial charge is 0.183 e. The Bertz CT molecular complexity index is 233. The molecule has 1 fully saturated rings. The molecule has 10 heavy (non-hydrogen) atoms. The van der Waals surface area contributed by atoms with Crippen LogP contribution < -0.4 is 0 Å². The summed E-state index contributed by atoms with van der Waals surface area (Å²) in [5.74, 6) is 0.888. The molecular formula is C6H4Br2O2. The van der Waals surface area contributed by atoms with Gasteiger partial charge in [0.05, 0.1) is 11.1 Å². The van der Waals surface area contributed by atoms with Crippen molar-refractivity contribution in [3.8, 4) is 0 Å². The SMILES string of the molecule is Brc1cc(C2CO2)oc1Br. The van der Waals surface area contributed by atoms with Crippen LogP contribution >= 0.6 is 31.9 Å². The van der Waals surface area contributed by atoms with E-state index < -0.39 is 0 Å². The second kappa shape index (κ2) is 2.36. The third-order valence-corrected chi connectivity index (χ3v) is 3.03. The second-order valence-electron chi connectivity index (χ2n) is 2.09. The van der Waals surface area contributed by atoms with Crippen LogP contribution in [0.1, 0.15) is 11.9 Å². The van der Waals surface area contributed by atoms with Gasteiger partial charge in [0, 0.05) is 0 Å². The molecule has 0 N–H and O–H groups in total. The molecule has 1 aromatic rings. The van der Waals surface area contributed by atoms with Crippen molar-refractivity contribution in [2.24, 2.45) is 0 Å². The van der Waals surface area contributed by atoms with Gasteiger partial charge in [-0.05, 0) is 37.9 Å². The van der Waals surface area contributed by atoms with Crippen LogP contribution in [0.25, 0.3) is 0 Å². The van der Waals surface area contributed by atoms with Crippen LogP contribution in [-0.2, 0) is 4.74 Å². The highest BCUT2D eigenvalue weighted by Gasteiger charge is 2.29. The first-order chi connectivity index (χ1) is 4.77. The van der Waals surface area contributed by atoms with E-state index in [2.05, 4.69) is 31.9 Å². The molecule has 54 valence electrons. The molecular weight excluding hydrogens is 264 g/mol. The lowest BCUT2D eigenvalue weighted by molar-refractivity contribution is 0.365. The van der Waals surface area contributed by atoms with E-state index in [1.807, 2.05) is 6.07 Å². The number of furan rings is 1. The molecule has 1 saturated heterocycles. The molecule has 0 radical (unpaired) electrons. The fourth-order valence-corrected chi connectivity index (χ4v) is 1.34. The Labute approximate surface area is 74.8 Å². The standard InChI is InChI=1S/C6H4Br2O2/c7-3-1-4(5-2-9-5)10-6(3)8/h1,5H,2H2. The highest BCUT2D eigenvalue weighted by atomic mass is 79.9. The van der Waals surface area contributed by atoms with E-state index in [-0.39, 0.29) is 6.10 Å². The zero-order chi connectivity index (χ0) is 7.14. The van der Waals surface area contributed by atoms with Crippen LogP contribution in [0.5, 0.6) is 0 Å². The lowest BCUT2D eigenvalue weighted by atomic mass is 10.4. The molecule has 2 heterocycles. The van der Waals surface area contributed by atoms with Crippen molar-refractivity contribution in [2.45, 2.75) is 6.10 Å². The van der Waals surface area contributed by atoms with E-state index in [4.69, 9.17) is 9.15 Å². The Morgan fingerprint density at radius 1 is 1.50 bits per heavy atom. The topological polar surface area (TPSA) is 25.7 Å². The van der Waals surface area contributed by atoms with E-state index in [0.29, 0.717) is 0 Å². The summed E-state index contributed by atoms with van der Waals surface area (Å²) in [6, 6.07) is 1.92. The van der Waals surface area contributed by atoms with Gasteiger partial charge in [-0.15, -0.1) is 0 Å². The van der Waals surface area contributed by atoms with E-state index in [0.717, 1.165) is 21.5 Å². The van der Waals surface area contributed by atoms with Crippen molar-refractivity contribution in [3.63, 3.8) is 0 Å². The molecule has 0 amide bonds. The lowest BCUT2D eigenvalue weighted by Crippen LogP contribution is -1.69. The van der Waals surface area contributed by atoms with Crippen molar-refractivity contribution < 1.29 is 9.15 Å². The summed E-state index contributed by atoms with van der Waals surface area (Å²) in [4.78, 5) is 0. The number of halogens is 2. The summed E-state index contributed by atoms with van der Waals surface area (Å²) in [6.45, 7) is 0.784. The van der Waals surface area contributed by atoms with Crippen molar-refractivity contribution in [1.29, 1.82) is 0 Å². The molecule has 1 aromatic heterocycles. The molecule has 0 spiro atoms. The third kappa shape index (κ3) is 1.15. The summed E-state index contributed by atoms with van der Waals surface area (Å²) in [5.41, 5.74) is 0. The Morgan fingerprint density at radius 2 is 2.20 bits per heavy atom. The Hall–Kier alpha value is 0.200. The van der Waals surface area contributed by atoms with Crippen LogP contribution in [0.2, 0.25) is 0 Å². The van der Waals surface area contributed by atoms with Gasteiger partial charge in [-0.25, -0.2) is 0 Å². The fourth-order valence-electron chi connectivity index (χ4n) is 0.734. The number of hydrogen-bond donors (Lipinski definition) is 0. The van der Waals surface area contributed by atoms with Crippen LogP contribution in [0.3, 0.4) is 0 Å². The maximum absolute atomic E-state index is 5.28. The van der Waals surface area contributed by atoms with Gasteiger partial charge in [0.1, 0.15) is 11.9 Å². The molecule has 2 nitrogen and oxygen atoms in total. The molecule has 0 aliphatic carbocycles. The monoisotopic (exact) mass is 266 g/mol. The van der Waals surface area contributed by atoms with Gasteiger partial charge in [0.15, 0.2) is 4.67 Å². The summed E-state index contributed by atoms with van der Waals surface area (Å²) < 4.78 is 12.0. The third-order valence-electron chi connectivity index (χ3n) is 1.31. The molecule has 4 heteroatoms. The molecule has 0 bridgehead atoms. The first-order valence-electron chi connectivity index (χ1n) is 2.83. The largest absolute Gasteiger partial charge is 0.450 e. The summed E-state index contributed by atoms with van der Waals surface area (Å²) in [7, 11) is 0. The summed E-state index contributed by atoms with van der Waals surface area (Å²) in [5, 5.41) is 0. The van der Waals surface area contributed by atoms with Crippen molar-refractivity contribution in [2.75, 3.05) is 6.61 Å². The number of ether oxygens (including phenoxy) is 1. The van der Waals surface area contributed by atoms with Gasteiger partial charge in [0.25, 0.3) is 0 Å². The maximum atomic E-state index is 5.28. The van der Waals surface area contributed by atoms with Crippen LogP contribution in [-0.4, -0.2) is 6.61 Å². The highest BCUT2D eigenvalue weighted by molar-refractivity contribution is 9.13. The first kappa shape index (κ1) is 6.88. The van der Waals surface area contributed by atoms with Gasteiger partial charge in [-0.2, -0.15) is 0 Å². The van der Waals surface area contributed by atoms with E-state index in [1.54, 1.807) is 0 Å². The molecule has 1 aliphatic heterocycles. The van der Waals surface area contributed by atoms with Crippen molar-refractivity contribution in [1.82, 2.24) is 0 Å². The predicted molar refractivity (Wildman–Crippen MR) is 42.8 cm³/mol. The van der Waals surface area contributed by atoms with Crippen LogP contribution in [0.4, 0.5) is 0 Å². The quantitative estimate of drug-likeness (QED) is 0.732. The van der Waals surface area contributed by atoms with Crippen LogP contribution in [0, 0.1) is 0 Å². The van der Waals surface area contributed by atoms with Crippen molar-refractivity contribution >= 4 is 31.9 Å². The number of epoxide rings is 1. The van der Waals surface area contributed by atoms with Gasteiger partial charge >= 0.3 is 0 Å². The van der Waals surface area contributed by atoms with Gasteiger partial charge < -0.3 is 9.15 Å². The van der Waals surface area contributed by atoms with Gasteiger partial charge in [-0.3, -0.25) is 0 Å². The maximum Gasteiger partial charge on any atom is 0.183 e. The average molecular weight is 268 g/mol. The van der Waals surface area contributed by atoms with Crippen molar-refractivity contribution in [3.05, 3.63) is 21.0 Å². The molecule has 1 aliphatic rings. The lowest BCUT2D eigenvalue weighted by Gasteiger charge is -1.82. The summed E-state index contributed by atoms with van der Waals surface area (Å²) in [6.07, 6.45) is 0.197. The molecule has 1 atom stereocenters. The minimum atomic E-state index is 0.197.